The lowest BCUT2D eigenvalue weighted by Crippen LogP contribution is -2.17. The minimum Gasteiger partial charge on any atom is -0.447 e. The molecule has 0 heterocycles. The van der Waals surface area contributed by atoms with Gasteiger partial charge in [0.2, 0.25) is 0 Å². The third kappa shape index (κ3) is 7.08. The topological polar surface area (TPSA) is 82.8 Å². The molecule has 112 valence electrons. The number of methoxy groups -OCH3 is 1. The highest BCUT2D eigenvalue weighted by atomic mass is 16.6. The monoisotopic (exact) mass is 282 g/mol. The van der Waals surface area contributed by atoms with Crippen molar-refractivity contribution in [3.63, 3.8) is 0 Å². The predicted octanol–water partition coefficient (Wildman–Crippen LogP) is 1.75. The summed E-state index contributed by atoms with van der Waals surface area (Å²) in [6.07, 6.45) is 0.328. The van der Waals surface area contributed by atoms with E-state index in [1.807, 2.05) is 18.2 Å². The summed E-state index contributed by atoms with van der Waals surface area (Å²) in [6.45, 7) is 2.28. The molecule has 0 saturated heterocycles. The van der Waals surface area contributed by atoms with E-state index in [1.54, 1.807) is 13.2 Å². The molecule has 0 bridgehead atoms. The van der Waals surface area contributed by atoms with Gasteiger partial charge in [-0.2, -0.15) is 0 Å². The highest BCUT2D eigenvalue weighted by Gasteiger charge is 2.03. The lowest BCUT2D eigenvalue weighted by molar-refractivity contribution is 0.0656. The SMILES string of the molecule is COCCCOCCOC(=O)Nc1cccc(CN)c1. The molecule has 6 heteroatoms. The molecule has 6 nitrogen and oxygen atoms in total. The van der Waals surface area contributed by atoms with Crippen LogP contribution < -0.4 is 11.1 Å². The summed E-state index contributed by atoms with van der Waals surface area (Å²) in [5.41, 5.74) is 7.14. The van der Waals surface area contributed by atoms with Gasteiger partial charge in [0.15, 0.2) is 0 Å². The first kappa shape index (κ1) is 16.4. The van der Waals surface area contributed by atoms with Gasteiger partial charge < -0.3 is 19.9 Å². The van der Waals surface area contributed by atoms with E-state index in [1.165, 1.54) is 0 Å². The van der Waals surface area contributed by atoms with Gasteiger partial charge in [-0.15, -0.1) is 0 Å². The van der Waals surface area contributed by atoms with Crippen molar-refractivity contribution in [1.82, 2.24) is 0 Å². The van der Waals surface area contributed by atoms with E-state index >= 15 is 0 Å². The maximum absolute atomic E-state index is 11.5. The summed E-state index contributed by atoms with van der Waals surface area (Å²) in [6, 6.07) is 7.31. The van der Waals surface area contributed by atoms with Crippen molar-refractivity contribution in [3.8, 4) is 0 Å². The first-order valence-corrected chi connectivity index (χ1v) is 6.55. The maximum Gasteiger partial charge on any atom is 0.411 e. The Hall–Kier alpha value is -1.63. The molecule has 0 unspecified atom stereocenters. The van der Waals surface area contributed by atoms with E-state index in [-0.39, 0.29) is 6.61 Å². The molecule has 0 aliphatic carbocycles. The van der Waals surface area contributed by atoms with Gasteiger partial charge in [0.05, 0.1) is 6.61 Å². The van der Waals surface area contributed by atoms with Crippen LogP contribution in [0.5, 0.6) is 0 Å². The number of nitrogens with two attached hydrogens (primary N) is 1. The number of rotatable bonds is 9. The smallest absolute Gasteiger partial charge is 0.411 e. The molecule has 1 amide bonds. The van der Waals surface area contributed by atoms with Crippen molar-refractivity contribution in [2.24, 2.45) is 5.73 Å². The van der Waals surface area contributed by atoms with Crippen LogP contribution in [0.15, 0.2) is 24.3 Å². The van der Waals surface area contributed by atoms with Gasteiger partial charge in [0.25, 0.3) is 0 Å². The molecule has 20 heavy (non-hydrogen) atoms. The molecule has 0 radical (unpaired) electrons. The minimum absolute atomic E-state index is 0.218. The maximum atomic E-state index is 11.5. The Morgan fingerprint density at radius 3 is 2.85 bits per heavy atom. The molecule has 0 fully saturated rings. The highest BCUT2D eigenvalue weighted by Crippen LogP contribution is 2.10. The van der Waals surface area contributed by atoms with Crippen molar-refractivity contribution >= 4 is 11.8 Å². The zero-order valence-electron chi connectivity index (χ0n) is 11.8. The molecule has 0 aromatic heterocycles. The van der Waals surface area contributed by atoms with E-state index in [9.17, 15) is 4.79 Å². The lowest BCUT2D eigenvalue weighted by Gasteiger charge is -2.08. The predicted molar refractivity (Wildman–Crippen MR) is 76.6 cm³/mol. The molecule has 1 aromatic rings. The van der Waals surface area contributed by atoms with Crippen molar-refractivity contribution in [1.29, 1.82) is 0 Å². The number of ether oxygens (including phenoxy) is 3. The molecule has 1 rings (SSSR count). The van der Waals surface area contributed by atoms with E-state index in [0.29, 0.717) is 32.1 Å². The molecular formula is C14H22N2O4. The van der Waals surface area contributed by atoms with Crippen LogP contribution >= 0.6 is 0 Å². The fourth-order valence-electron chi connectivity index (χ4n) is 1.53. The van der Waals surface area contributed by atoms with E-state index in [4.69, 9.17) is 19.9 Å². The van der Waals surface area contributed by atoms with Crippen LogP contribution in [0.2, 0.25) is 0 Å². The van der Waals surface area contributed by atoms with Gasteiger partial charge in [-0.25, -0.2) is 4.79 Å². The number of anilines is 1. The van der Waals surface area contributed by atoms with Gasteiger partial charge in [0, 0.05) is 32.6 Å². The summed E-state index contributed by atoms with van der Waals surface area (Å²) in [4.78, 5) is 11.5. The van der Waals surface area contributed by atoms with Crippen LogP contribution in [0.3, 0.4) is 0 Å². The normalized spacial score (nSPS) is 10.3. The van der Waals surface area contributed by atoms with Crippen LogP contribution in [0.25, 0.3) is 0 Å². The van der Waals surface area contributed by atoms with Crippen LogP contribution in [0.4, 0.5) is 10.5 Å². The summed E-state index contributed by atoms with van der Waals surface area (Å²) < 4.78 is 15.1. The number of nitrogens with one attached hydrogen (secondary N) is 1. The zero-order chi connectivity index (χ0) is 14.6. The second kappa shape index (κ2) is 10.2. The van der Waals surface area contributed by atoms with Gasteiger partial charge in [-0.3, -0.25) is 5.32 Å². The summed E-state index contributed by atoms with van der Waals surface area (Å²) in [5.74, 6) is 0. The van der Waals surface area contributed by atoms with E-state index in [0.717, 1.165) is 12.0 Å². The summed E-state index contributed by atoms with van der Waals surface area (Å²) in [7, 11) is 1.65. The average molecular weight is 282 g/mol. The van der Waals surface area contributed by atoms with Crippen LogP contribution in [-0.2, 0) is 20.8 Å². The Balaban J connectivity index is 2.13. The molecule has 1 aromatic carbocycles. The quantitative estimate of drug-likeness (QED) is 0.674. The van der Waals surface area contributed by atoms with Gasteiger partial charge >= 0.3 is 6.09 Å². The Morgan fingerprint density at radius 2 is 2.10 bits per heavy atom. The third-order valence-corrected chi connectivity index (χ3v) is 2.51. The molecule has 3 N–H and O–H groups in total. The van der Waals surface area contributed by atoms with Crippen molar-refractivity contribution in [3.05, 3.63) is 29.8 Å². The average Bonchev–Trinajstić information content (AvgIpc) is 2.46. The molecule has 0 saturated carbocycles. The van der Waals surface area contributed by atoms with Gasteiger partial charge in [0.1, 0.15) is 6.61 Å². The first-order chi connectivity index (χ1) is 9.76. The van der Waals surface area contributed by atoms with Crippen molar-refractivity contribution in [2.45, 2.75) is 13.0 Å². The Morgan fingerprint density at radius 1 is 1.25 bits per heavy atom. The summed E-state index contributed by atoms with van der Waals surface area (Å²) >= 11 is 0. The second-order valence-electron chi connectivity index (χ2n) is 4.12. The Bertz CT molecular complexity index is 399. The molecular weight excluding hydrogens is 260 g/mol. The van der Waals surface area contributed by atoms with Gasteiger partial charge in [-0.05, 0) is 24.1 Å². The van der Waals surface area contributed by atoms with E-state index in [2.05, 4.69) is 5.32 Å². The highest BCUT2D eigenvalue weighted by molar-refractivity contribution is 5.84. The molecule has 0 aliphatic heterocycles. The fourth-order valence-corrected chi connectivity index (χ4v) is 1.53. The molecule has 0 spiro atoms. The van der Waals surface area contributed by atoms with Gasteiger partial charge in [-0.1, -0.05) is 12.1 Å². The number of hydrogen-bond acceptors (Lipinski definition) is 5. The Labute approximate surface area is 119 Å². The minimum atomic E-state index is -0.500. The fraction of sp³-hybridized carbons (Fsp3) is 0.500. The van der Waals surface area contributed by atoms with Crippen molar-refractivity contribution < 1.29 is 19.0 Å². The number of carbonyl (C=O) groups excluding carboxylic acids is 1. The lowest BCUT2D eigenvalue weighted by atomic mass is 10.2. The summed E-state index contributed by atoms with van der Waals surface area (Å²) in [5, 5.41) is 2.64. The third-order valence-electron chi connectivity index (χ3n) is 2.51. The number of carbonyl (C=O) groups is 1. The Kier molecular flexibility index (Phi) is 8.37. The van der Waals surface area contributed by atoms with Crippen LogP contribution in [0.1, 0.15) is 12.0 Å². The van der Waals surface area contributed by atoms with Crippen LogP contribution in [-0.4, -0.2) is 39.6 Å². The van der Waals surface area contributed by atoms with Crippen molar-refractivity contribution in [2.75, 3.05) is 38.9 Å². The van der Waals surface area contributed by atoms with E-state index < -0.39 is 6.09 Å². The number of hydrogen-bond donors (Lipinski definition) is 2. The number of amides is 1. The first-order valence-electron chi connectivity index (χ1n) is 6.55. The largest absolute Gasteiger partial charge is 0.447 e. The second-order valence-corrected chi connectivity index (χ2v) is 4.12. The standard InChI is InChI=1S/C14H22N2O4/c1-18-6-3-7-19-8-9-20-14(17)16-13-5-2-4-12(10-13)11-15/h2,4-5,10H,3,6-9,11,15H2,1H3,(H,16,17). The van der Waals surface area contributed by atoms with Crippen LogP contribution in [0, 0.1) is 0 Å². The number of benzene rings is 1. The zero-order valence-corrected chi connectivity index (χ0v) is 11.8. The molecule has 0 atom stereocenters. The molecule has 0 aliphatic rings.